The number of rotatable bonds is 6. The Morgan fingerprint density at radius 3 is 1.93 bits per heavy atom. The van der Waals surface area contributed by atoms with Crippen molar-refractivity contribution in [2.24, 2.45) is 0 Å². The summed E-state index contributed by atoms with van der Waals surface area (Å²) in [6.07, 6.45) is 0. The van der Waals surface area contributed by atoms with Crippen LogP contribution in [0.5, 0.6) is 0 Å². The number of sulfonamides is 1. The van der Waals surface area contributed by atoms with Crippen molar-refractivity contribution in [2.45, 2.75) is 11.4 Å². The Labute approximate surface area is 160 Å². The zero-order valence-corrected chi connectivity index (χ0v) is 16.0. The smallest absolute Gasteiger partial charge is 0.337 e. The summed E-state index contributed by atoms with van der Waals surface area (Å²) < 4.78 is 62.2. The molecule has 0 unspecified atom stereocenters. The molecule has 0 aliphatic carbocycles. The van der Waals surface area contributed by atoms with Gasteiger partial charge in [0.05, 0.1) is 30.2 Å². The largest absolute Gasteiger partial charge is 0.465 e. The molecule has 2 aromatic carbocycles. The fourth-order valence-electron chi connectivity index (χ4n) is 2.38. The summed E-state index contributed by atoms with van der Waals surface area (Å²) in [4.78, 5) is 23.3. The zero-order chi connectivity index (χ0) is 21.1. The molecule has 0 fully saturated rings. The first-order chi connectivity index (χ1) is 13.1. The Bertz CT molecular complexity index is 988. The maximum absolute atomic E-state index is 13.4. The number of benzene rings is 2. The van der Waals surface area contributed by atoms with Gasteiger partial charge in [0.2, 0.25) is 10.0 Å². The van der Waals surface area contributed by atoms with Crippen LogP contribution in [0.25, 0.3) is 0 Å². The van der Waals surface area contributed by atoms with E-state index in [1.54, 1.807) is 0 Å². The number of hydrogen-bond donors (Lipinski definition) is 0. The first-order valence-corrected chi connectivity index (χ1v) is 9.26. The predicted molar refractivity (Wildman–Crippen MR) is 94.1 cm³/mol. The van der Waals surface area contributed by atoms with Gasteiger partial charge in [-0.3, -0.25) is 0 Å². The van der Waals surface area contributed by atoms with Crippen LogP contribution in [-0.4, -0.2) is 45.9 Å². The Balaban J connectivity index is 2.46. The summed E-state index contributed by atoms with van der Waals surface area (Å²) in [5, 5.41) is 0. The summed E-state index contributed by atoms with van der Waals surface area (Å²) in [5.74, 6) is -3.84. The van der Waals surface area contributed by atoms with E-state index < -0.39 is 33.6 Å². The molecule has 150 valence electrons. The SMILES string of the molecule is COC(=O)c1cc(C(=O)OC)cc(S(=O)(=O)N(C)Cc2ccc(F)c(F)c2)c1. The lowest BCUT2D eigenvalue weighted by Gasteiger charge is -2.18. The number of carbonyl (C=O) groups excluding carboxylic acids is 2. The average molecular weight is 413 g/mol. The molecule has 0 heterocycles. The Morgan fingerprint density at radius 1 is 0.929 bits per heavy atom. The van der Waals surface area contributed by atoms with Gasteiger partial charge in [-0.1, -0.05) is 6.07 Å². The Kier molecular flexibility index (Phi) is 6.47. The highest BCUT2D eigenvalue weighted by Crippen LogP contribution is 2.22. The van der Waals surface area contributed by atoms with E-state index >= 15 is 0 Å². The molecule has 0 aliphatic rings. The lowest BCUT2D eigenvalue weighted by molar-refractivity contribution is 0.0598. The van der Waals surface area contributed by atoms with E-state index in [9.17, 15) is 26.8 Å². The molecule has 0 amide bonds. The highest BCUT2D eigenvalue weighted by atomic mass is 32.2. The molecule has 0 bridgehead atoms. The highest BCUT2D eigenvalue weighted by molar-refractivity contribution is 7.89. The van der Waals surface area contributed by atoms with Gasteiger partial charge in [0.25, 0.3) is 0 Å². The topological polar surface area (TPSA) is 90.0 Å². The van der Waals surface area contributed by atoms with Crippen LogP contribution >= 0.6 is 0 Å². The third kappa shape index (κ3) is 4.52. The van der Waals surface area contributed by atoms with Crippen molar-refractivity contribution in [1.82, 2.24) is 4.31 Å². The molecule has 28 heavy (non-hydrogen) atoms. The minimum absolute atomic E-state index is 0.162. The van der Waals surface area contributed by atoms with Crippen molar-refractivity contribution in [3.63, 3.8) is 0 Å². The van der Waals surface area contributed by atoms with E-state index in [0.717, 1.165) is 48.9 Å². The molecule has 0 spiro atoms. The van der Waals surface area contributed by atoms with E-state index in [4.69, 9.17) is 0 Å². The molecule has 0 saturated heterocycles. The lowest BCUT2D eigenvalue weighted by Crippen LogP contribution is -2.27. The molecular weight excluding hydrogens is 396 g/mol. The van der Waals surface area contributed by atoms with Crippen molar-refractivity contribution < 1.29 is 36.3 Å². The maximum atomic E-state index is 13.4. The van der Waals surface area contributed by atoms with Crippen molar-refractivity contribution in [3.8, 4) is 0 Å². The fraction of sp³-hybridized carbons (Fsp3) is 0.222. The van der Waals surface area contributed by atoms with E-state index in [0.29, 0.717) is 0 Å². The average Bonchev–Trinajstić information content (AvgIpc) is 2.68. The molecule has 10 heteroatoms. The van der Waals surface area contributed by atoms with Crippen LogP contribution in [0.15, 0.2) is 41.3 Å². The third-order valence-corrected chi connectivity index (χ3v) is 5.63. The van der Waals surface area contributed by atoms with Gasteiger partial charge < -0.3 is 9.47 Å². The first kappa shape index (κ1) is 21.5. The van der Waals surface area contributed by atoms with Crippen molar-refractivity contribution in [2.75, 3.05) is 21.3 Å². The first-order valence-electron chi connectivity index (χ1n) is 7.82. The van der Waals surface area contributed by atoms with E-state index in [-0.39, 0.29) is 28.1 Å². The number of esters is 2. The predicted octanol–water partition coefficient (Wildman–Crippen LogP) is 2.36. The third-order valence-electron chi connectivity index (χ3n) is 3.85. The Morgan fingerprint density at radius 2 is 1.46 bits per heavy atom. The van der Waals surface area contributed by atoms with Crippen molar-refractivity contribution in [3.05, 3.63) is 64.7 Å². The van der Waals surface area contributed by atoms with Gasteiger partial charge in [0, 0.05) is 13.6 Å². The standard InChI is InChI=1S/C18H17F2NO6S/c1-21(10-11-4-5-15(19)16(20)6-11)28(24,25)14-8-12(17(22)26-2)7-13(9-14)18(23)27-3/h4-9H,10H2,1-3H3. The number of nitrogens with zero attached hydrogens (tertiary/aromatic N) is 1. The van der Waals surface area contributed by atoms with Crippen LogP contribution in [0.3, 0.4) is 0 Å². The minimum Gasteiger partial charge on any atom is -0.465 e. The quantitative estimate of drug-likeness (QED) is 0.676. The molecule has 0 saturated carbocycles. The zero-order valence-electron chi connectivity index (χ0n) is 15.2. The molecule has 0 aliphatic heterocycles. The van der Waals surface area contributed by atoms with Crippen LogP contribution in [0, 0.1) is 11.6 Å². The van der Waals surface area contributed by atoms with Gasteiger partial charge in [-0.2, -0.15) is 4.31 Å². The number of hydrogen-bond acceptors (Lipinski definition) is 6. The summed E-state index contributed by atoms with van der Waals surface area (Å²) in [6, 6.07) is 6.26. The lowest BCUT2D eigenvalue weighted by atomic mass is 10.1. The molecule has 0 aromatic heterocycles. The van der Waals surface area contributed by atoms with Crippen LogP contribution < -0.4 is 0 Å². The molecule has 0 radical (unpaired) electrons. The Hall–Kier alpha value is -2.85. The number of halogens is 2. The summed E-state index contributed by atoms with van der Waals surface area (Å²) >= 11 is 0. The van der Waals surface area contributed by atoms with Gasteiger partial charge in [-0.15, -0.1) is 0 Å². The van der Waals surface area contributed by atoms with Gasteiger partial charge in [-0.05, 0) is 35.9 Å². The van der Waals surface area contributed by atoms with Crippen LogP contribution in [-0.2, 0) is 26.0 Å². The van der Waals surface area contributed by atoms with Gasteiger partial charge >= 0.3 is 11.9 Å². The van der Waals surface area contributed by atoms with E-state index in [1.807, 2.05) is 0 Å². The summed E-state index contributed by atoms with van der Waals surface area (Å²) in [7, 11) is -0.750. The van der Waals surface area contributed by atoms with Gasteiger partial charge in [-0.25, -0.2) is 26.8 Å². The summed E-state index contributed by atoms with van der Waals surface area (Å²) in [6.45, 7) is -0.268. The highest BCUT2D eigenvalue weighted by Gasteiger charge is 2.25. The molecule has 2 rings (SSSR count). The molecular formula is C18H17F2NO6S. The van der Waals surface area contributed by atoms with Crippen LogP contribution in [0.2, 0.25) is 0 Å². The van der Waals surface area contributed by atoms with Crippen LogP contribution in [0.1, 0.15) is 26.3 Å². The van der Waals surface area contributed by atoms with Gasteiger partial charge in [0.15, 0.2) is 11.6 Å². The van der Waals surface area contributed by atoms with Crippen LogP contribution in [0.4, 0.5) is 8.78 Å². The van der Waals surface area contributed by atoms with E-state index in [2.05, 4.69) is 9.47 Å². The second-order valence-corrected chi connectivity index (χ2v) is 7.78. The number of ether oxygens (including phenoxy) is 2. The molecule has 0 atom stereocenters. The molecule has 2 aromatic rings. The number of methoxy groups -OCH3 is 2. The second-order valence-electron chi connectivity index (χ2n) is 5.74. The van der Waals surface area contributed by atoms with Crippen molar-refractivity contribution >= 4 is 22.0 Å². The molecule has 0 N–H and O–H groups in total. The summed E-state index contributed by atoms with van der Waals surface area (Å²) in [5.41, 5.74) is -0.113. The normalized spacial score (nSPS) is 11.4. The van der Waals surface area contributed by atoms with Crippen molar-refractivity contribution in [1.29, 1.82) is 0 Å². The minimum atomic E-state index is -4.19. The van der Waals surface area contributed by atoms with E-state index in [1.165, 1.54) is 13.1 Å². The fourth-order valence-corrected chi connectivity index (χ4v) is 3.61. The molecule has 7 nitrogen and oxygen atoms in total. The maximum Gasteiger partial charge on any atom is 0.337 e. The second kappa shape index (κ2) is 8.44. The monoisotopic (exact) mass is 413 g/mol. The van der Waals surface area contributed by atoms with Gasteiger partial charge in [0.1, 0.15) is 0 Å². The number of carbonyl (C=O) groups is 2.